The van der Waals surface area contributed by atoms with Gasteiger partial charge in [-0.3, -0.25) is 0 Å². The Labute approximate surface area is 128 Å². The number of aromatic nitrogens is 1. The molecule has 3 heteroatoms. The molecule has 0 spiro atoms. The van der Waals surface area contributed by atoms with Crippen LogP contribution in [0.5, 0.6) is 0 Å². The molecule has 1 heterocycles. The number of benzene rings is 1. The third-order valence-corrected chi connectivity index (χ3v) is 3.62. The van der Waals surface area contributed by atoms with E-state index in [0.29, 0.717) is 0 Å². The van der Waals surface area contributed by atoms with E-state index < -0.39 is 0 Å². The van der Waals surface area contributed by atoms with Crippen LogP contribution >= 0.6 is 0 Å². The fourth-order valence-electron chi connectivity index (χ4n) is 2.28. The van der Waals surface area contributed by atoms with E-state index in [9.17, 15) is 0 Å². The molecule has 1 aromatic carbocycles. The summed E-state index contributed by atoms with van der Waals surface area (Å²) < 4.78 is 0. The molecule has 1 aromatic heterocycles. The van der Waals surface area contributed by atoms with Gasteiger partial charge >= 0.3 is 0 Å². The molecule has 0 bridgehead atoms. The monoisotopic (exact) mass is 283 g/mol. The van der Waals surface area contributed by atoms with Crippen LogP contribution in [0.15, 0.2) is 42.6 Å². The van der Waals surface area contributed by atoms with Gasteiger partial charge in [0.2, 0.25) is 0 Å². The van der Waals surface area contributed by atoms with E-state index in [-0.39, 0.29) is 0 Å². The van der Waals surface area contributed by atoms with Crippen molar-refractivity contribution < 1.29 is 0 Å². The lowest BCUT2D eigenvalue weighted by molar-refractivity contribution is 0.673. The maximum atomic E-state index is 4.57. The second-order valence-corrected chi connectivity index (χ2v) is 5.48. The smallest absolute Gasteiger partial charge is 0.128 e. The Kier molecular flexibility index (Phi) is 5.76. The number of rotatable bonds is 7. The van der Waals surface area contributed by atoms with Crippen LogP contribution in [0.25, 0.3) is 0 Å². The number of hydrogen-bond donors (Lipinski definition) is 1. The number of nitrogens with zero attached hydrogens (tertiary/aromatic N) is 2. The van der Waals surface area contributed by atoms with Crippen molar-refractivity contribution in [1.29, 1.82) is 0 Å². The maximum Gasteiger partial charge on any atom is 0.128 e. The van der Waals surface area contributed by atoms with E-state index in [2.05, 4.69) is 72.5 Å². The SMILES string of the molecule is CCCNCc1ccc(N(C)Cc2ccccc2C)nc1. The van der Waals surface area contributed by atoms with Crippen LogP contribution in [-0.2, 0) is 13.1 Å². The first-order valence-corrected chi connectivity index (χ1v) is 7.62. The van der Waals surface area contributed by atoms with E-state index in [4.69, 9.17) is 0 Å². The average molecular weight is 283 g/mol. The molecule has 0 saturated heterocycles. The number of nitrogens with one attached hydrogen (secondary N) is 1. The first kappa shape index (κ1) is 15.5. The molecular formula is C18H25N3. The fourth-order valence-corrected chi connectivity index (χ4v) is 2.28. The first-order valence-electron chi connectivity index (χ1n) is 7.62. The van der Waals surface area contributed by atoms with Gasteiger partial charge in [-0.15, -0.1) is 0 Å². The lowest BCUT2D eigenvalue weighted by atomic mass is 10.1. The highest BCUT2D eigenvalue weighted by atomic mass is 15.2. The summed E-state index contributed by atoms with van der Waals surface area (Å²) in [5.74, 6) is 1.01. The van der Waals surface area contributed by atoms with E-state index in [1.807, 2.05) is 6.20 Å². The molecule has 1 N–H and O–H groups in total. The van der Waals surface area contributed by atoms with Gasteiger partial charge in [0.05, 0.1) is 0 Å². The van der Waals surface area contributed by atoms with Crippen LogP contribution in [0.3, 0.4) is 0 Å². The number of pyridine rings is 1. The Morgan fingerprint density at radius 1 is 1.14 bits per heavy atom. The van der Waals surface area contributed by atoms with Crippen LogP contribution in [-0.4, -0.2) is 18.6 Å². The third-order valence-electron chi connectivity index (χ3n) is 3.62. The zero-order valence-electron chi connectivity index (χ0n) is 13.3. The van der Waals surface area contributed by atoms with Gasteiger partial charge in [-0.2, -0.15) is 0 Å². The zero-order chi connectivity index (χ0) is 15.1. The molecule has 2 aromatic rings. The summed E-state index contributed by atoms with van der Waals surface area (Å²) in [4.78, 5) is 6.76. The fraction of sp³-hybridized carbons (Fsp3) is 0.389. The van der Waals surface area contributed by atoms with E-state index in [0.717, 1.165) is 31.9 Å². The summed E-state index contributed by atoms with van der Waals surface area (Å²) >= 11 is 0. The van der Waals surface area contributed by atoms with E-state index >= 15 is 0 Å². The van der Waals surface area contributed by atoms with Gasteiger partial charge in [0.25, 0.3) is 0 Å². The molecule has 0 aliphatic rings. The summed E-state index contributed by atoms with van der Waals surface area (Å²) in [5, 5.41) is 3.39. The Bertz CT molecular complexity index is 549. The van der Waals surface area contributed by atoms with Crippen LogP contribution < -0.4 is 10.2 Å². The van der Waals surface area contributed by atoms with Crippen molar-refractivity contribution in [3.05, 3.63) is 59.3 Å². The van der Waals surface area contributed by atoms with Gasteiger partial charge in [-0.05, 0) is 42.6 Å². The van der Waals surface area contributed by atoms with Crippen molar-refractivity contribution in [1.82, 2.24) is 10.3 Å². The number of hydrogen-bond acceptors (Lipinski definition) is 3. The molecule has 0 atom stereocenters. The minimum absolute atomic E-state index is 0.882. The molecule has 21 heavy (non-hydrogen) atoms. The molecule has 112 valence electrons. The summed E-state index contributed by atoms with van der Waals surface area (Å²) in [5.41, 5.74) is 3.90. The first-order chi connectivity index (χ1) is 10.2. The van der Waals surface area contributed by atoms with Gasteiger partial charge in [0.15, 0.2) is 0 Å². The molecule has 0 aliphatic heterocycles. The Morgan fingerprint density at radius 3 is 2.62 bits per heavy atom. The molecular weight excluding hydrogens is 258 g/mol. The summed E-state index contributed by atoms with van der Waals surface area (Å²) in [7, 11) is 2.09. The average Bonchev–Trinajstić information content (AvgIpc) is 2.50. The Morgan fingerprint density at radius 2 is 1.95 bits per heavy atom. The lowest BCUT2D eigenvalue weighted by Crippen LogP contribution is -2.19. The van der Waals surface area contributed by atoms with Crippen molar-refractivity contribution in [3.8, 4) is 0 Å². The molecule has 0 amide bonds. The highest BCUT2D eigenvalue weighted by Gasteiger charge is 2.05. The number of aryl methyl sites for hydroxylation is 1. The molecule has 3 nitrogen and oxygen atoms in total. The van der Waals surface area contributed by atoms with Crippen molar-refractivity contribution >= 4 is 5.82 Å². The Hall–Kier alpha value is -1.87. The van der Waals surface area contributed by atoms with Gasteiger partial charge < -0.3 is 10.2 Å². The molecule has 0 radical (unpaired) electrons. The summed E-state index contributed by atoms with van der Waals surface area (Å²) in [6.45, 7) is 7.15. The number of anilines is 1. The van der Waals surface area contributed by atoms with Gasteiger partial charge in [-0.1, -0.05) is 37.3 Å². The van der Waals surface area contributed by atoms with Crippen LogP contribution in [0.2, 0.25) is 0 Å². The van der Waals surface area contributed by atoms with Crippen molar-refractivity contribution in [3.63, 3.8) is 0 Å². The molecule has 0 unspecified atom stereocenters. The molecule has 0 saturated carbocycles. The standard InChI is InChI=1S/C18H25N3/c1-4-11-19-12-16-9-10-18(20-13-16)21(3)14-17-8-6-5-7-15(17)2/h5-10,13,19H,4,11-12,14H2,1-3H3. The van der Waals surface area contributed by atoms with Crippen LogP contribution in [0.1, 0.15) is 30.0 Å². The van der Waals surface area contributed by atoms with Gasteiger partial charge in [0, 0.05) is 26.3 Å². The second-order valence-electron chi connectivity index (χ2n) is 5.48. The quantitative estimate of drug-likeness (QED) is 0.788. The van der Waals surface area contributed by atoms with E-state index in [1.165, 1.54) is 16.7 Å². The van der Waals surface area contributed by atoms with Crippen LogP contribution in [0, 0.1) is 6.92 Å². The normalized spacial score (nSPS) is 10.6. The van der Waals surface area contributed by atoms with Gasteiger partial charge in [0.1, 0.15) is 5.82 Å². The molecule has 0 aliphatic carbocycles. The summed E-state index contributed by atoms with van der Waals surface area (Å²) in [6, 6.07) is 12.7. The topological polar surface area (TPSA) is 28.2 Å². The predicted octanol–water partition coefficient (Wildman–Crippen LogP) is 3.53. The largest absolute Gasteiger partial charge is 0.355 e. The minimum Gasteiger partial charge on any atom is -0.355 e. The molecule has 0 fully saturated rings. The highest BCUT2D eigenvalue weighted by Crippen LogP contribution is 2.15. The lowest BCUT2D eigenvalue weighted by Gasteiger charge is -2.19. The third kappa shape index (κ3) is 4.57. The van der Waals surface area contributed by atoms with Gasteiger partial charge in [-0.25, -0.2) is 4.98 Å². The van der Waals surface area contributed by atoms with Crippen molar-refractivity contribution in [2.75, 3.05) is 18.5 Å². The maximum absolute atomic E-state index is 4.57. The summed E-state index contributed by atoms with van der Waals surface area (Å²) in [6.07, 6.45) is 3.12. The predicted molar refractivity (Wildman–Crippen MR) is 89.5 cm³/mol. The second kappa shape index (κ2) is 7.79. The highest BCUT2D eigenvalue weighted by molar-refractivity contribution is 5.40. The Balaban J connectivity index is 1.96. The van der Waals surface area contributed by atoms with Crippen LogP contribution in [0.4, 0.5) is 5.82 Å². The molecule has 2 rings (SSSR count). The van der Waals surface area contributed by atoms with Crippen molar-refractivity contribution in [2.45, 2.75) is 33.4 Å². The van der Waals surface area contributed by atoms with Crippen molar-refractivity contribution in [2.24, 2.45) is 0 Å². The minimum atomic E-state index is 0.882. The van der Waals surface area contributed by atoms with E-state index in [1.54, 1.807) is 0 Å². The zero-order valence-corrected chi connectivity index (χ0v) is 13.3.